The molecule has 0 aliphatic rings. The predicted molar refractivity (Wildman–Crippen MR) is 74.3 cm³/mol. The molecule has 0 aliphatic heterocycles. The summed E-state index contributed by atoms with van der Waals surface area (Å²) in [6.45, 7) is 7.33. The van der Waals surface area contributed by atoms with Crippen LogP contribution in [0.3, 0.4) is 0 Å². The molecule has 1 atom stereocenters. The van der Waals surface area contributed by atoms with Gasteiger partial charge in [0.05, 0.1) is 0 Å². The summed E-state index contributed by atoms with van der Waals surface area (Å²) in [6, 6.07) is 8.97. The minimum absolute atomic E-state index is 0.458. The second kappa shape index (κ2) is 4.53. The Balaban J connectivity index is 2.51. The van der Waals surface area contributed by atoms with Crippen LogP contribution in [0.2, 0.25) is 0 Å². The summed E-state index contributed by atoms with van der Waals surface area (Å²) in [5, 5.41) is 1.32. The van der Waals surface area contributed by atoms with E-state index in [1.165, 1.54) is 22.2 Å². The van der Waals surface area contributed by atoms with E-state index < -0.39 is 0 Å². The van der Waals surface area contributed by atoms with Crippen molar-refractivity contribution in [2.45, 2.75) is 26.7 Å². The van der Waals surface area contributed by atoms with E-state index in [1.54, 1.807) is 0 Å². The van der Waals surface area contributed by atoms with Gasteiger partial charge in [-0.2, -0.15) is 0 Å². The third kappa shape index (κ3) is 2.09. The molecule has 1 aromatic carbocycles. The Hall–Kier alpha value is -1.28. The number of fused-ring (bicyclic) bond motifs is 1. The van der Waals surface area contributed by atoms with Crippen molar-refractivity contribution in [2.75, 3.05) is 6.54 Å². The van der Waals surface area contributed by atoms with E-state index in [1.807, 2.05) is 0 Å². The lowest BCUT2D eigenvalue weighted by molar-refractivity contribution is 0.507. The molecule has 17 heavy (non-hydrogen) atoms. The molecular weight excluding hydrogens is 208 g/mol. The van der Waals surface area contributed by atoms with Crippen LogP contribution in [0, 0.1) is 12.8 Å². The molecule has 0 bridgehead atoms. The van der Waals surface area contributed by atoms with Crippen molar-refractivity contribution in [1.29, 1.82) is 0 Å². The van der Waals surface area contributed by atoms with E-state index >= 15 is 0 Å². The van der Waals surface area contributed by atoms with Gasteiger partial charge in [0.15, 0.2) is 0 Å². The minimum Gasteiger partial charge on any atom is -0.348 e. The molecule has 2 heteroatoms. The van der Waals surface area contributed by atoms with Crippen LogP contribution in [0.15, 0.2) is 24.3 Å². The summed E-state index contributed by atoms with van der Waals surface area (Å²) in [5.74, 6) is 1.04. The van der Waals surface area contributed by atoms with Crippen molar-refractivity contribution < 1.29 is 0 Å². The zero-order valence-electron chi connectivity index (χ0n) is 11.2. The number of hydrogen-bond acceptors (Lipinski definition) is 1. The molecule has 0 saturated carbocycles. The monoisotopic (exact) mass is 230 g/mol. The number of benzene rings is 1. The summed E-state index contributed by atoms with van der Waals surface area (Å²) in [4.78, 5) is 0. The van der Waals surface area contributed by atoms with E-state index in [-0.39, 0.29) is 0 Å². The van der Waals surface area contributed by atoms with Crippen molar-refractivity contribution in [3.8, 4) is 0 Å². The largest absolute Gasteiger partial charge is 0.348 e. The Morgan fingerprint density at radius 3 is 2.53 bits per heavy atom. The smallest absolute Gasteiger partial charge is 0.0479 e. The van der Waals surface area contributed by atoms with E-state index in [0.29, 0.717) is 11.8 Å². The standard InChI is InChI=1S/C15H22N2/c1-10(2)14(9-16)12-5-6-15-13(8-12)7-11(3)17(15)4/h5-8,10,14H,9,16H2,1-4H3. The van der Waals surface area contributed by atoms with Crippen molar-refractivity contribution >= 4 is 10.9 Å². The first-order valence-corrected chi connectivity index (χ1v) is 6.30. The Bertz CT molecular complexity index is 523. The third-order valence-corrected chi connectivity index (χ3v) is 3.79. The van der Waals surface area contributed by atoms with Crippen LogP contribution in [0.1, 0.15) is 31.0 Å². The second-order valence-corrected chi connectivity index (χ2v) is 5.25. The topological polar surface area (TPSA) is 30.9 Å². The zero-order valence-corrected chi connectivity index (χ0v) is 11.2. The van der Waals surface area contributed by atoms with Crippen LogP contribution < -0.4 is 5.73 Å². The number of aryl methyl sites for hydroxylation is 2. The molecule has 2 N–H and O–H groups in total. The van der Waals surface area contributed by atoms with Gasteiger partial charge in [-0.15, -0.1) is 0 Å². The number of nitrogens with two attached hydrogens (primary N) is 1. The maximum atomic E-state index is 5.88. The molecule has 1 unspecified atom stereocenters. The van der Waals surface area contributed by atoms with E-state index in [2.05, 4.69) is 56.7 Å². The molecule has 92 valence electrons. The number of hydrogen-bond donors (Lipinski definition) is 1. The molecule has 0 spiro atoms. The summed E-state index contributed by atoms with van der Waals surface area (Å²) in [7, 11) is 2.11. The first-order chi connectivity index (χ1) is 8.04. The Kier molecular flexibility index (Phi) is 3.25. The van der Waals surface area contributed by atoms with Crippen LogP contribution in [0.4, 0.5) is 0 Å². The number of aromatic nitrogens is 1. The Morgan fingerprint density at radius 2 is 1.94 bits per heavy atom. The van der Waals surface area contributed by atoms with Crippen LogP contribution in [0.5, 0.6) is 0 Å². The molecule has 0 amide bonds. The van der Waals surface area contributed by atoms with Crippen molar-refractivity contribution in [2.24, 2.45) is 18.7 Å². The predicted octanol–water partition coefficient (Wildman–Crippen LogP) is 3.19. The lowest BCUT2D eigenvalue weighted by Crippen LogP contribution is -2.17. The van der Waals surface area contributed by atoms with Gasteiger partial charge in [-0.25, -0.2) is 0 Å². The first-order valence-electron chi connectivity index (χ1n) is 6.30. The Labute approximate surface area is 103 Å². The van der Waals surface area contributed by atoms with Gasteiger partial charge in [-0.1, -0.05) is 19.9 Å². The highest BCUT2D eigenvalue weighted by molar-refractivity contribution is 5.82. The lowest BCUT2D eigenvalue weighted by atomic mass is 9.88. The van der Waals surface area contributed by atoms with Crippen LogP contribution in [-0.4, -0.2) is 11.1 Å². The quantitative estimate of drug-likeness (QED) is 0.862. The lowest BCUT2D eigenvalue weighted by Gasteiger charge is -2.19. The van der Waals surface area contributed by atoms with Gasteiger partial charge in [0, 0.05) is 23.6 Å². The van der Waals surface area contributed by atoms with Gasteiger partial charge in [-0.05, 0) is 49.1 Å². The maximum absolute atomic E-state index is 5.88. The molecule has 1 aromatic heterocycles. The summed E-state index contributed by atoms with van der Waals surface area (Å²) >= 11 is 0. The molecular formula is C15H22N2. The fraction of sp³-hybridized carbons (Fsp3) is 0.467. The van der Waals surface area contributed by atoms with Gasteiger partial charge in [0.2, 0.25) is 0 Å². The summed E-state index contributed by atoms with van der Waals surface area (Å²) < 4.78 is 2.23. The average molecular weight is 230 g/mol. The highest BCUT2D eigenvalue weighted by atomic mass is 14.9. The molecule has 2 aromatic rings. The van der Waals surface area contributed by atoms with Gasteiger partial charge >= 0.3 is 0 Å². The van der Waals surface area contributed by atoms with Crippen LogP contribution in [-0.2, 0) is 7.05 Å². The minimum atomic E-state index is 0.458. The van der Waals surface area contributed by atoms with Gasteiger partial charge in [0.1, 0.15) is 0 Å². The molecule has 2 nitrogen and oxygen atoms in total. The molecule has 0 fully saturated rings. The second-order valence-electron chi connectivity index (χ2n) is 5.25. The van der Waals surface area contributed by atoms with Gasteiger partial charge in [-0.3, -0.25) is 0 Å². The van der Waals surface area contributed by atoms with Gasteiger partial charge in [0.25, 0.3) is 0 Å². The highest BCUT2D eigenvalue weighted by Gasteiger charge is 2.14. The number of rotatable bonds is 3. The van der Waals surface area contributed by atoms with Crippen molar-refractivity contribution in [3.05, 3.63) is 35.5 Å². The van der Waals surface area contributed by atoms with Crippen molar-refractivity contribution in [3.63, 3.8) is 0 Å². The van der Waals surface area contributed by atoms with Gasteiger partial charge < -0.3 is 10.3 Å². The first kappa shape index (κ1) is 12.2. The summed E-state index contributed by atoms with van der Waals surface area (Å²) in [5.41, 5.74) is 9.84. The van der Waals surface area contributed by atoms with E-state index in [4.69, 9.17) is 5.73 Å². The SMILES string of the molecule is Cc1cc2cc(C(CN)C(C)C)ccc2n1C. The fourth-order valence-corrected chi connectivity index (χ4v) is 2.53. The van der Waals surface area contributed by atoms with Crippen LogP contribution in [0.25, 0.3) is 10.9 Å². The fourth-order valence-electron chi connectivity index (χ4n) is 2.53. The molecule has 0 aliphatic carbocycles. The normalized spacial score (nSPS) is 13.5. The van der Waals surface area contributed by atoms with E-state index in [9.17, 15) is 0 Å². The average Bonchev–Trinajstić information content (AvgIpc) is 2.55. The molecule has 0 radical (unpaired) electrons. The number of nitrogens with zero attached hydrogens (tertiary/aromatic N) is 1. The summed E-state index contributed by atoms with van der Waals surface area (Å²) in [6.07, 6.45) is 0. The molecule has 1 heterocycles. The van der Waals surface area contributed by atoms with Crippen LogP contribution >= 0.6 is 0 Å². The maximum Gasteiger partial charge on any atom is 0.0479 e. The zero-order chi connectivity index (χ0) is 12.6. The van der Waals surface area contributed by atoms with Crippen molar-refractivity contribution in [1.82, 2.24) is 4.57 Å². The third-order valence-electron chi connectivity index (χ3n) is 3.79. The molecule has 2 rings (SSSR count). The van der Waals surface area contributed by atoms with E-state index in [0.717, 1.165) is 6.54 Å². The molecule has 0 saturated heterocycles. The Morgan fingerprint density at radius 1 is 1.24 bits per heavy atom. The highest BCUT2D eigenvalue weighted by Crippen LogP contribution is 2.27.